The third-order valence-corrected chi connectivity index (χ3v) is 5.86. The third-order valence-electron chi connectivity index (χ3n) is 4.03. The van der Waals surface area contributed by atoms with Crippen molar-refractivity contribution in [1.82, 2.24) is 4.31 Å². The quantitative estimate of drug-likeness (QED) is 0.925. The maximum absolute atomic E-state index is 12.5. The van der Waals surface area contributed by atoms with Crippen molar-refractivity contribution >= 4 is 16.0 Å². The Balaban J connectivity index is 2.40. The second-order valence-electron chi connectivity index (χ2n) is 5.56. The van der Waals surface area contributed by atoms with Gasteiger partial charge in [0.25, 0.3) is 0 Å². The van der Waals surface area contributed by atoms with E-state index in [1.54, 1.807) is 13.0 Å². The Bertz CT molecular complexity index is 629. The number of carboxylic acids is 1. The van der Waals surface area contributed by atoms with E-state index in [1.165, 1.54) is 16.4 Å². The third kappa shape index (κ3) is 2.58. The molecule has 1 N–H and O–H groups in total. The molecule has 1 aromatic rings. The summed E-state index contributed by atoms with van der Waals surface area (Å²) in [6.45, 7) is 6.68. The molecule has 0 bridgehead atoms. The smallest absolute Gasteiger partial charge is 0.335 e. The molecule has 20 heavy (non-hydrogen) atoms. The van der Waals surface area contributed by atoms with Crippen molar-refractivity contribution in [2.45, 2.75) is 25.7 Å². The van der Waals surface area contributed by atoms with E-state index in [1.807, 2.05) is 13.8 Å². The number of aromatic carboxylic acids is 1. The summed E-state index contributed by atoms with van der Waals surface area (Å²) in [5.74, 6) is -0.481. The Morgan fingerprint density at radius 2 is 1.80 bits per heavy atom. The number of hydrogen-bond acceptors (Lipinski definition) is 3. The van der Waals surface area contributed by atoms with Crippen molar-refractivity contribution < 1.29 is 18.3 Å². The zero-order valence-corrected chi connectivity index (χ0v) is 12.6. The van der Waals surface area contributed by atoms with Crippen molar-refractivity contribution in [3.8, 4) is 0 Å². The highest BCUT2D eigenvalue weighted by Crippen LogP contribution is 2.28. The van der Waals surface area contributed by atoms with Gasteiger partial charge in [0.2, 0.25) is 10.0 Å². The Morgan fingerprint density at radius 3 is 2.30 bits per heavy atom. The fourth-order valence-electron chi connectivity index (χ4n) is 2.41. The molecule has 0 aliphatic carbocycles. The van der Waals surface area contributed by atoms with E-state index in [0.717, 1.165) is 0 Å². The van der Waals surface area contributed by atoms with Crippen LogP contribution in [-0.2, 0) is 10.0 Å². The number of aryl methyl sites for hydroxylation is 1. The highest BCUT2D eigenvalue weighted by molar-refractivity contribution is 7.89. The summed E-state index contributed by atoms with van der Waals surface area (Å²) in [7, 11) is -3.61. The van der Waals surface area contributed by atoms with Crippen LogP contribution < -0.4 is 0 Å². The number of carboxylic acid groups (broad SMARTS) is 1. The van der Waals surface area contributed by atoms with Crippen LogP contribution in [0.3, 0.4) is 0 Å². The van der Waals surface area contributed by atoms with E-state index < -0.39 is 16.0 Å². The van der Waals surface area contributed by atoms with Gasteiger partial charge >= 0.3 is 5.97 Å². The molecule has 2 atom stereocenters. The molecule has 1 aliphatic rings. The SMILES string of the molecule is Cc1ccc(S(=O)(=O)N2CC(C)C(C)C2)cc1C(=O)O. The van der Waals surface area contributed by atoms with E-state index >= 15 is 0 Å². The topological polar surface area (TPSA) is 74.7 Å². The molecule has 1 saturated heterocycles. The minimum Gasteiger partial charge on any atom is -0.478 e. The molecule has 0 saturated carbocycles. The fourth-order valence-corrected chi connectivity index (χ4v) is 4.08. The zero-order chi connectivity index (χ0) is 15.1. The molecule has 0 aromatic heterocycles. The van der Waals surface area contributed by atoms with E-state index in [0.29, 0.717) is 30.5 Å². The molecule has 5 nitrogen and oxygen atoms in total. The monoisotopic (exact) mass is 297 g/mol. The van der Waals surface area contributed by atoms with Gasteiger partial charge < -0.3 is 5.11 Å². The highest BCUT2D eigenvalue weighted by atomic mass is 32.2. The molecule has 0 spiro atoms. The first-order valence-electron chi connectivity index (χ1n) is 6.57. The van der Waals surface area contributed by atoms with Crippen LogP contribution in [0.4, 0.5) is 0 Å². The van der Waals surface area contributed by atoms with Crippen LogP contribution in [0.5, 0.6) is 0 Å². The van der Waals surface area contributed by atoms with E-state index in [-0.39, 0.29) is 10.5 Å². The number of benzene rings is 1. The molecule has 1 heterocycles. The van der Waals surface area contributed by atoms with Crippen LogP contribution in [-0.4, -0.2) is 36.9 Å². The lowest BCUT2D eigenvalue weighted by Crippen LogP contribution is -2.29. The van der Waals surface area contributed by atoms with Gasteiger partial charge in [-0.1, -0.05) is 19.9 Å². The molecule has 1 aliphatic heterocycles. The molecule has 1 fully saturated rings. The van der Waals surface area contributed by atoms with Gasteiger partial charge in [0.1, 0.15) is 0 Å². The lowest BCUT2D eigenvalue weighted by molar-refractivity contribution is 0.0696. The second kappa shape index (κ2) is 5.18. The number of hydrogen-bond donors (Lipinski definition) is 1. The zero-order valence-electron chi connectivity index (χ0n) is 11.8. The van der Waals surface area contributed by atoms with Crippen LogP contribution in [0.15, 0.2) is 23.1 Å². The van der Waals surface area contributed by atoms with Crippen molar-refractivity contribution in [2.75, 3.05) is 13.1 Å². The maximum atomic E-state index is 12.5. The van der Waals surface area contributed by atoms with Gasteiger partial charge in [-0.2, -0.15) is 4.31 Å². The molecular formula is C14H19NO4S. The van der Waals surface area contributed by atoms with E-state index in [4.69, 9.17) is 5.11 Å². The summed E-state index contributed by atoms with van der Waals surface area (Å²) in [4.78, 5) is 11.2. The molecule has 0 amide bonds. The van der Waals surface area contributed by atoms with E-state index in [9.17, 15) is 13.2 Å². The summed E-state index contributed by atoms with van der Waals surface area (Å²) in [6.07, 6.45) is 0. The predicted octanol–water partition coefficient (Wildman–Crippen LogP) is 1.97. The Hall–Kier alpha value is -1.40. The average Bonchev–Trinajstić information content (AvgIpc) is 2.70. The standard InChI is InChI=1S/C14H19NO4S/c1-9-4-5-12(6-13(9)14(16)17)20(18,19)15-7-10(2)11(3)8-15/h4-6,10-11H,7-8H2,1-3H3,(H,16,17). The maximum Gasteiger partial charge on any atom is 0.335 e. The molecular weight excluding hydrogens is 278 g/mol. The summed E-state index contributed by atoms with van der Waals surface area (Å²) < 4.78 is 26.5. The fraction of sp³-hybridized carbons (Fsp3) is 0.500. The Labute approximate surface area is 119 Å². The lowest BCUT2D eigenvalue weighted by Gasteiger charge is -2.17. The summed E-state index contributed by atoms with van der Waals surface area (Å²) in [6, 6.07) is 4.27. The lowest BCUT2D eigenvalue weighted by atomic mass is 10.0. The van der Waals surface area contributed by atoms with Gasteiger partial charge in [-0.25, -0.2) is 13.2 Å². The van der Waals surface area contributed by atoms with Gasteiger partial charge in [-0.15, -0.1) is 0 Å². The molecule has 110 valence electrons. The van der Waals surface area contributed by atoms with Crippen LogP contribution in [0.1, 0.15) is 29.8 Å². The number of sulfonamides is 1. The van der Waals surface area contributed by atoms with Gasteiger partial charge in [0, 0.05) is 13.1 Å². The van der Waals surface area contributed by atoms with Crippen LogP contribution in [0, 0.1) is 18.8 Å². The summed E-state index contributed by atoms with van der Waals surface area (Å²) in [5, 5.41) is 9.10. The molecule has 2 unspecified atom stereocenters. The van der Waals surface area contributed by atoms with Crippen molar-refractivity contribution in [3.05, 3.63) is 29.3 Å². The van der Waals surface area contributed by atoms with Gasteiger partial charge in [0.05, 0.1) is 10.5 Å². The molecule has 1 aromatic carbocycles. The Kier molecular flexibility index (Phi) is 3.88. The van der Waals surface area contributed by atoms with E-state index in [2.05, 4.69) is 0 Å². The number of carbonyl (C=O) groups is 1. The first-order valence-corrected chi connectivity index (χ1v) is 8.01. The first-order chi connectivity index (χ1) is 9.23. The first kappa shape index (κ1) is 15.0. The minimum absolute atomic E-state index is 0.0337. The summed E-state index contributed by atoms with van der Waals surface area (Å²) in [5.41, 5.74) is 0.589. The molecule has 6 heteroatoms. The Morgan fingerprint density at radius 1 is 1.25 bits per heavy atom. The normalized spacial score (nSPS) is 23.9. The summed E-state index contributed by atoms with van der Waals surface area (Å²) >= 11 is 0. The highest BCUT2D eigenvalue weighted by Gasteiger charge is 2.35. The van der Waals surface area contributed by atoms with Gasteiger partial charge in [-0.05, 0) is 36.5 Å². The number of rotatable bonds is 3. The van der Waals surface area contributed by atoms with Crippen molar-refractivity contribution in [1.29, 1.82) is 0 Å². The average molecular weight is 297 g/mol. The van der Waals surface area contributed by atoms with Crippen LogP contribution in [0.25, 0.3) is 0 Å². The second-order valence-corrected chi connectivity index (χ2v) is 7.50. The van der Waals surface area contributed by atoms with Crippen LogP contribution in [0.2, 0.25) is 0 Å². The predicted molar refractivity (Wildman–Crippen MR) is 75.2 cm³/mol. The van der Waals surface area contributed by atoms with Gasteiger partial charge in [0.15, 0.2) is 0 Å². The van der Waals surface area contributed by atoms with Gasteiger partial charge in [-0.3, -0.25) is 0 Å². The van der Waals surface area contributed by atoms with Crippen molar-refractivity contribution in [3.63, 3.8) is 0 Å². The van der Waals surface area contributed by atoms with Crippen molar-refractivity contribution in [2.24, 2.45) is 11.8 Å². The minimum atomic E-state index is -3.61. The molecule has 0 radical (unpaired) electrons. The molecule has 2 rings (SSSR count). The largest absolute Gasteiger partial charge is 0.478 e. The number of nitrogens with zero attached hydrogens (tertiary/aromatic N) is 1. The van der Waals surface area contributed by atoms with Crippen LogP contribution >= 0.6 is 0 Å².